The van der Waals surface area contributed by atoms with Gasteiger partial charge < -0.3 is 5.32 Å². The summed E-state index contributed by atoms with van der Waals surface area (Å²) in [5, 5.41) is 11.7. The average Bonchev–Trinajstić information content (AvgIpc) is 2.24. The lowest BCUT2D eigenvalue weighted by Crippen LogP contribution is -2.21. The standard InChI is InChI=1S/C14H18N2O/c1-4-5-12(9-15)14(17)16-13-7-10(2)6-11(3)8-13/h6-8,12H,4-5H2,1-3H3,(H,16,17). The molecule has 0 saturated heterocycles. The van der Waals surface area contributed by atoms with E-state index in [-0.39, 0.29) is 5.91 Å². The van der Waals surface area contributed by atoms with Crippen molar-refractivity contribution in [3.8, 4) is 6.07 Å². The molecular weight excluding hydrogens is 212 g/mol. The van der Waals surface area contributed by atoms with E-state index in [1.807, 2.05) is 45.0 Å². The summed E-state index contributed by atoms with van der Waals surface area (Å²) in [5.74, 6) is -0.764. The third-order valence-electron chi connectivity index (χ3n) is 2.54. The summed E-state index contributed by atoms with van der Waals surface area (Å²) in [6.07, 6.45) is 1.44. The Labute approximate surface area is 102 Å². The smallest absolute Gasteiger partial charge is 0.241 e. The highest BCUT2D eigenvalue weighted by Crippen LogP contribution is 2.15. The van der Waals surface area contributed by atoms with Gasteiger partial charge in [-0.15, -0.1) is 0 Å². The van der Waals surface area contributed by atoms with Crippen LogP contribution in [0.4, 0.5) is 5.69 Å². The lowest BCUT2D eigenvalue weighted by molar-refractivity contribution is -0.118. The van der Waals surface area contributed by atoms with E-state index in [1.165, 1.54) is 0 Å². The number of nitrogens with one attached hydrogen (secondary N) is 1. The molecule has 1 amide bonds. The molecule has 0 aromatic heterocycles. The number of benzene rings is 1. The number of amides is 1. The number of carbonyl (C=O) groups excluding carboxylic acids is 1. The molecule has 0 fully saturated rings. The third kappa shape index (κ3) is 3.92. The van der Waals surface area contributed by atoms with Crippen LogP contribution in [0.5, 0.6) is 0 Å². The van der Waals surface area contributed by atoms with Crippen LogP contribution in [-0.2, 0) is 4.79 Å². The Kier molecular flexibility index (Phi) is 4.71. The lowest BCUT2D eigenvalue weighted by Gasteiger charge is -2.10. The topological polar surface area (TPSA) is 52.9 Å². The number of anilines is 1. The normalized spacial score (nSPS) is 11.6. The third-order valence-corrected chi connectivity index (χ3v) is 2.54. The Morgan fingerprint density at radius 2 is 1.94 bits per heavy atom. The summed E-state index contributed by atoms with van der Waals surface area (Å²) in [6.45, 7) is 5.93. The molecule has 0 aliphatic heterocycles. The molecule has 0 heterocycles. The second-order valence-corrected chi connectivity index (χ2v) is 4.34. The second-order valence-electron chi connectivity index (χ2n) is 4.34. The van der Waals surface area contributed by atoms with Crippen LogP contribution in [0.2, 0.25) is 0 Å². The van der Waals surface area contributed by atoms with Crippen molar-refractivity contribution in [2.75, 3.05) is 5.32 Å². The highest BCUT2D eigenvalue weighted by molar-refractivity contribution is 5.94. The molecule has 17 heavy (non-hydrogen) atoms. The molecule has 1 unspecified atom stereocenters. The zero-order chi connectivity index (χ0) is 12.8. The Balaban J connectivity index is 2.77. The van der Waals surface area contributed by atoms with Crippen LogP contribution in [0.25, 0.3) is 0 Å². The highest BCUT2D eigenvalue weighted by atomic mass is 16.1. The van der Waals surface area contributed by atoms with Crippen LogP contribution in [0.3, 0.4) is 0 Å². The van der Waals surface area contributed by atoms with Crippen LogP contribution < -0.4 is 5.32 Å². The fourth-order valence-corrected chi connectivity index (χ4v) is 1.82. The van der Waals surface area contributed by atoms with Crippen LogP contribution in [0.1, 0.15) is 30.9 Å². The van der Waals surface area contributed by atoms with Crippen molar-refractivity contribution in [2.45, 2.75) is 33.6 Å². The minimum Gasteiger partial charge on any atom is -0.325 e. The number of aryl methyl sites for hydroxylation is 2. The van der Waals surface area contributed by atoms with Crippen molar-refractivity contribution < 1.29 is 4.79 Å². The molecule has 0 aliphatic carbocycles. The van der Waals surface area contributed by atoms with Gasteiger partial charge in [0.25, 0.3) is 0 Å². The van der Waals surface area contributed by atoms with E-state index >= 15 is 0 Å². The molecule has 1 rings (SSSR count). The van der Waals surface area contributed by atoms with E-state index in [1.54, 1.807) is 0 Å². The monoisotopic (exact) mass is 230 g/mol. The molecule has 0 bridgehead atoms. The van der Waals surface area contributed by atoms with Gasteiger partial charge in [-0.3, -0.25) is 4.79 Å². The minimum absolute atomic E-state index is 0.209. The first-order valence-corrected chi connectivity index (χ1v) is 5.85. The fraction of sp³-hybridized carbons (Fsp3) is 0.429. The average molecular weight is 230 g/mol. The Bertz CT molecular complexity index is 426. The van der Waals surface area contributed by atoms with Gasteiger partial charge in [-0.05, 0) is 43.5 Å². The van der Waals surface area contributed by atoms with Crippen LogP contribution >= 0.6 is 0 Å². The van der Waals surface area contributed by atoms with Gasteiger partial charge in [0.05, 0.1) is 6.07 Å². The van der Waals surface area contributed by atoms with Crippen molar-refractivity contribution in [1.29, 1.82) is 5.26 Å². The maximum atomic E-state index is 11.8. The van der Waals surface area contributed by atoms with Gasteiger partial charge >= 0.3 is 0 Å². The SMILES string of the molecule is CCCC(C#N)C(=O)Nc1cc(C)cc(C)c1. The summed E-state index contributed by atoms with van der Waals surface area (Å²) in [6, 6.07) is 7.90. The summed E-state index contributed by atoms with van der Waals surface area (Å²) >= 11 is 0. The fourth-order valence-electron chi connectivity index (χ4n) is 1.82. The predicted octanol–water partition coefficient (Wildman–Crippen LogP) is 3.18. The van der Waals surface area contributed by atoms with Crippen molar-refractivity contribution in [1.82, 2.24) is 0 Å². The van der Waals surface area contributed by atoms with E-state index in [0.717, 1.165) is 23.2 Å². The van der Waals surface area contributed by atoms with E-state index in [2.05, 4.69) is 5.32 Å². The first-order chi connectivity index (χ1) is 8.06. The summed E-state index contributed by atoms with van der Waals surface area (Å²) in [5.41, 5.74) is 2.97. The van der Waals surface area contributed by atoms with E-state index in [9.17, 15) is 4.79 Å². The first kappa shape index (κ1) is 13.2. The van der Waals surface area contributed by atoms with Crippen LogP contribution in [-0.4, -0.2) is 5.91 Å². The van der Waals surface area contributed by atoms with E-state index in [4.69, 9.17) is 5.26 Å². The number of hydrogen-bond acceptors (Lipinski definition) is 2. The number of hydrogen-bond donors (Lipinski definition) is 1. The van der Waals surface area contributed by atoms with Gasteiger partial charge in [0.1, 0.15) is 5.92 Å². The Morgan fingerprint density at radius 3 is 2.41 bits per heavy atom. The first-order valence-electron chi connectivity index (χ1n) is 5.85. The molecule has 90 valence electrons. The van der Waals surface area contributed by atoms with Gasteiger partial charge in [0.2, 0.25) is 5.91 Å². The molecule has 3 heteroatoms. The summed E-state index contributed by atoms with van der Waals surface area (Å²) in [7, 11) is 0. The molecule has 1 N–H and O–H groups in total. The molecule has 0 saturated carbocycles. The second kappa shape index (κ2) is 6.05. The number of nitriles is 1. The molecular formula is C14H18N2O. The van der Waals surface area contributed by atoms with Gasteiger partial charge in [0.15, 0.2) is 0 Å². The van der Waals surface area contributed by atoms with Gasteiger partial charge in [-0.2, -0.15) is 5.26 Å². The largest absolute Gasteiger partial charge is 0.325 e. The maximum absolute atomic E-state index is 11.8. The van der Waals surface area contributed by atoms with Crippen molar-refractivity contribution >= 4 is 11.6 Å². The molecule has 0 aliphatic rings. The van der Waals surface area contributed by atoms with Gasteiger partial charge in [-0.25, -0.2) is 0 Å². The van der Waals surface area contributed by atoms with E-state index in [0.29, 0.717) is 6.42 Å². The zero-order valence-corrected chi connectivity index (χ0v) is 10.6. The zero-order valence-electron chi connectivity index (χ0n) is 10.6. The maximum Gasteiger partial charge on any atom is 0.241 e. The molecule has 3 nitrogen and oxygen atoms in total. The molecule has 1 aromatic carbocycles. The molecule has 0 radical (unpaired) electrons. The predicted molar refractivity (Wildman–Crippen MR) is 68.6 cm³/mol. The van der Waals surface area contributed by atoms with Crippen LogP contribution in [0, 0.1) is 31.1 Å². The quantitative estimate of drug-likeness (QED) is 0.863. The van der Waals surface area contributed by atoms with Gasteiger partial charge in [-0.1, -0.05) is 19.4 Å². The van der Waals surface area contributed by atoms with Crippen molar-refractivity contribution in [3.05, 3.63) is 29.3 Å². The van der Waals surface area contributed by atoms with Gasteiger partial charge in [0, 0.05) is 5.69 Å². The van der Waals surface area contributed by atoms with Crippen molar-refractivity contribution in [2.24, 2.45) is 5.92 Å². The summed E-state index contributed by atoms with van der Waals surface area (Å²) < 4.78 is 0. The Morgan fingerprint density at radius 1 is 1.35 bits per heavy atom. The Hall–Kier alpha value is -1.82. The van der Waals surface area contributed by atoms with Crippen LogP contribution in [0.15, 0.2) is 18.2 Å². The lowest BCUT2D eigenvalue weighted by atomic mass is 10.0. The molecule has 1 aromatic rings. The summed E-state index contributed by atoms with van der Waals surface area (Å²) in [4.78, 5) is 11.8. The number of nitrogens with zero attached hydrogens (tertiary/aromatic N) is 1. The number of rotatable bonds is 4. The molecule has 1 atom stereocenters. The highest BCUT2D eigenvalue weighted by Gasteiger charge is 2.16. The molecule has 0 spiro atoms. The van der Waals surface area contributed by atoms with Crippen molar-refractivity contribution in [3.63, 3.8) is 0 Å². The minimum atomic E-state index is -0.555. The number of carbonyl (C=O) groups is 1. The van der Waals surface area contributed by atoms with E-state index < -0.39 is 5.92 Å².